The number of H-pyrrole nitrogens is 1. The molecule has 1 aliphatic heterocycles. The number of rotatable bonds is 4. The molecule has 4 rings (SSSR count). The molecule has 0 bridgehead atoms. The summed E-state index contributed by atoms with van der Waals surface area (Å²) in [5, 5.41) is 26.1. The molecule has 1 fully saturated rings. The zero-order valence-electron chi connectivity index (χ0n) is 13.2. The highest BCUT2D eigenvalue weighted by molar-refractivity contribution is 5.85. The minimum absolute atomic E-state index is 0. The molecule has 1 aliphatic rings. The number of hydrogen-bond acceptors (Lipinski definition) is 7. The zero-order chi connectivity index (χ0) is 15.6. The minimum Gasteiger partial charge on any atom is -0.319 e. The van der Waals surface area contributed by atoms with Crippen LogP contribution in [0.15, 0.2) is 18.6 Å². The van der Waals surface area contributed by atoms with Gasteiger partial charge < -0.3 is 9.88 Å². The quantitative estimate of drug-likeness (QED) is 0.708. The van der Waals surface area contributed by atoms with Crippen LogP contribution in [0.4, 0.5) is 0 Å². The number of nitrogens with zero attached hydrogens (tertiary/aromatic N) is 8. The third-order valence-electron chi connectivity index (χ3n) is 4.24. The summed E-state index contributed by atoms with van der Waals surface area (Å²) in [5.41, 5.74) is 0.754. The first kappa shape index (κ1) is 16.5. The topological polar surface area (TPSA) is 115 Å². The van der Waals surface area contributed by atoms with Crippen LogP contribution in [0.1, 0.15) is 37.7 Å². The van der Waals surface area contributed by atoms with E-state index in [4.69, 9.17) is 0 Å². The largest absolute Gasteiger partial charge is 0.319 e. The highest BCUT2D eigenvalue weighted by atomic mass is 35.5. The van der Waals surface area contributed by atoms with E-state index in [-0.39, 0.29) is 18.4 Å². The van der Waals surface area contributed by atoms with Crippen molar-refractivity contribution in [3.05, 3.63) is 24.4 Å². The Morgan fingerprint density at radius 2 is 2.08 bits per heavy atom. The number of aromatic nitrogens is 9. The summed E-state index contributed by atoms with van der Waals surface area (Å²) in [6.07, 6.45) is 7.74. The van der Waals surface area contributed by atoms with Gasteiger partial charge >= 0.3 is 0 Å². The molecule has 0 aromatic carbocycles. The Bertz CT molecular complexity index is 757. The number of tetrazole rings is 1. The number of piperidine rings is 1. The van der Waals surface area contributed by atoms with Crippen molar-refractivity contribution in [2.45, 2.75) is 31.8 Å². The Labute approximate surface area is 144 Å². The fourth-order valence-corrected chi connectivity index (χ4v) is 2.92. The van der Waals surface area contributed by atoms with Crippen LogP contribution in [0, 0.1) is 0 Å². The van der Waals surface area contributed by atoms with E-state index < -0.39 is 0 Å². The van der Waals surface area contributed by atoms with Gasteiger partial charge in [0.25, 0.3) is 0 Å². The normalized spacial score (nSPS) is 16.7. The van der Waals surface area contributed by atoms with E-state index in [0.29, 0.717) is 11.9 Å². The molecule has 11 heteroatoms. The summed E-state index contributed by atoms with van der Waals surface area (Å²) in [6.45, 7) is 4.03. The molecule has 3 aromatic heterocycles. The summed E-state index contributed by atoms with van der Waals surface area (Å²) in [5.74, 6) is 1.36. The standard InChI is InChI=1S/C13H18N10.ClH/c1-9(12-17-19-20-18-12)22-7-6-15-13(22)11-8-23(21-16-11)10-2-4-14-5-3-10;/h6-10,14H,2-5H2,1H3,(H,17,18,19,20);1H. The van der Waals surface area contributed by atoms with Gasteiger partial charge in [0.1, 0.15) is 5.69 Å². The highest BCUT2D eigenvalue weighted by Gasteiger charge is 2.21. The molecule has 0 saturated carbocycles. The monoisotopic (exact) mass is 350 g/mol. The zero-order valence-corrected chi connectivity index (χ0v) is 14.0. The number of hydrogen-bond donors (Lipinski definition) is 2. The maximum atomic E-state index is 4.42. The van der Waals surface area contributed by atoms with Crippen molar-refractivity contribution in [3.8, 4) is 11.5 Å². The van der Waals surface area contributed by atoms with Gasteiger partial charge in [-0.15, -0.1) is 27.7 Å². The van der Waals surface area contributed by atoms with Gasteiger partial charge in [0.15, 0.2) is 11.6 Å². The molecule has 0 aliphatic carbocycles. The first-order valence-corrected chi connectivity index (χ1v) is 7.72. The van der Waals surface area contributed by atoms with Crippen LogP contribution in [0.3, 0.4) is 0 Å². The molecule has 0 radical (unpaired) electrons. The molecule has 2 N–H and O–H groups in total. The van der Waals surface area contributed by atoms with Crippen LogP contribution < -0.4 is 5.32 Å². The molecular formula is C13H19ClN10. The van der Waals surface area contributed by atoms with Gasteiger partial charge in [0, 0.05) is 12.4 Å². The first-order chi connectivity index (χ1) is 11.3. The van der Waals surface area contributed by atoms with Crippen LogP contribution in [-0.4, -0.2) is 58.3 Å². The molecule has 10 nitrogen and oxygen atoms in total. The average molecular weight is 351 g/mol. The summed E-state index contributed by atoms with van der Waals surface area (Å²) < 4.78 is 3.93. The Morgan fingerprint density at radius 1 is 1.25 bits per heavy atom. The maximum absolute atomic E-state index is 4.42. The van der Waals surface area contributed by atoms with Crippen molar-refractivity contribution in [1.82, 2.24) is 50.5 Å². The lowest BCUT2D eigenvalue weighted by atomic mass is 10.1. The molecule has 1 saturated heterocycles. The van der Waals surface area contributed by atoms with Gasteiger partial charge in [-0.05, 0) is 32.9 Å². The van der Waals surface area contributed by atoms with Crippen molar-refractivity contribution >= 4 is 12.4 Å². The molecule has 1 atom stereocenters. The Kier molecular flexibility index (Phi) is 4.86. The number of nitrogens with one attached hydrogen (secondary N) is 2. The molecule has 3 aromatic rings. The summed E-state index contributed by atoms with van der Waals surface area (Å²) >= 11 is 0. The second-order valence-electron chi connectivity index (χ2n) is 5.67. The Morgan fingerprint density at radius 3 is 2.83 bits per heavy atom. The van der Waals surface area contributed by atoms with E-state index in [1.165, 1.54) is 0 Å². The molecule has 128 valence electrons. The van der Waals surface area contributed by atoms with Gasteiger partial charge in [-0.1, -0.05) is 10.4 Å². The average Bonchev–Trinajstić information content (AvgIpc) is 3.35. The van der Waals surface area contributed by atoms with Gasteiger partial charge in [-0.3, -0.25) is 0 Å². The molecule has 1 unspecified atom stereocenters. The van der Waals surface area contributed by atoms with Gasteiger partial charge in [-0.2, -0.15) is 5.21 Å². The fourth-order valence-electron chi connectivity index (χ4n) is 2.92. The van der Waals surface area contributed by atoms with Crippen LogP contribution in [0.5, 0.6) is 0 Å². The fraction of sp³-hybridized carbons (Fsp3) is 0.538. The smallest absolute Gasteiger partial charge is 0.197 e. The summed E-state index contributed by atoms with van der Waals surface area (Å²) in [6, 6.07) is 0.311. The van der Waals surface area contributed by atoms with Gasteiger partial charge in [-0.25, -0.2) is 9.67 Å². The van der Waals surface area contributed by atoms with Gasteiger partial charge in [0.05, 0.1) is 18.3 Å². The van der Waals surface area contributed by atoms with Crippen LogP contribution in [-0.2, 0) is 0 Å². The van der Waals surface area contributed by atoms with Crippen molar-refractivity contribution in [3.63, 3.8) is 0 Å². The molecule has 0 amide bonds. The Balaban J connectivity index is 0.00000169. The first-order valence-electron chi connectivity index (χ1n) is 7.72. The third kappa shape index (κ3) is 3.02. The number of imidazole rings is 1. The summed E-state index contributed by atoms with van der Waals surface area (Å²) in [4.78, 5) is 4.42. The predicted molar refractivity (Wildman–Crippen MR) is 87.6 cm³/mol. The lowest BCUT2D eigenvalue weighted by molar-refractivity contribution is 0.337. The SMILES string of the molecule is CC(c1nn[nH]n1)n1ccnc1-c1cn(C2CCNCC2)nn1.Cl. The van der Waals surface area contributed by atoms with Crippen molar-refractivity contribution in [2.24, 2.45) is 0 Å². The second-order valence-corrected chi connectivity index (χ2v) is 5.67. The number of halogens is 1. The van der Waals surface area contributed by atoms with E-state index in [1.54, 1.807) is 6.20 Å². The predicted octanol–water partition coefficient (Wildman–Crippen LogP) is 0.610. The van der Waals surface area contributed by atoms with Crippen LogP contribution >= 0.6 is 12.4 Å². The van der Waals surface area contributed by atoms with E-state index in [1.807, 2.05) is 28.6 Å². The van der Waals surface area contributed by atoms with Crippen LogP contribution in [0.25, 0.3) is 11.5 Å². The van der Waals surface area contributed by atoms with Crippen LogP contribution in [0.2, 0.25) is 0 Å². The summed E-state index contributed by atoms with van der Waals surface area (Å²) in [7, 11) is 0. The van der Waals surface area contributed by atoms with Crippen molar-refractivity contribution in [1.29, 1.82) is 0 Å². The minimum atomic E-state index is -0.0877. The maximum Gasteiger partial charge on any atom is 0.197 e. The second kappa shape index (κ2) is 7.05. The third-order valence-corrected chi connectivity index (χ3v) is 4.24. The lowest BCUT2D eigenvalue weighted by Gasteiger charge is -2.22. The van der Waals surface area contributed by atoms with Crippen molar-refractivity contribution < 1.29 is 0 Å². The highest BCUT2D eigenvalue weighted by Crippen LogP contribution is 2.24. The van der Waals surface area contributed by atoms with Gasteiger partial charge in [0.2, 0.25) is 0 Å². The lowest BCUT2D eigenvalue weighted by Crippen LogP contribution is -2.29. The van der Waals surface area contributed by atoms with E-state index in [9.17, 15) is 0 Å². The molecule has 24 heavy (non-hydrogen) atoms. The molecular weight excluding hydrogens is 332 g/mol. The van der Waals surface area contributed by atoms with E-state index in [2.05, 4.69) is 41.2 Å². The molecule has 0 spiro atoms. The van der Waals surface area contributed by atoms with Crippen molar-refractivity contribution in [2.75, 3.05) is 13.1 Å². The number of aromatic amines is 1. The van der Waals surface area contributed by atoms with E-state index >= 15 is 0 Å². The van der Waals surface area contributed by atoms with E-state index in [0.717, 1.165) is 37.4 Å². The molecule has 4 heterocycles. The Hall–Kier alpha value is -2.33.